The molecular weight excluding hydrogens is 258 g/mol. The van der Waals surface area contributed by atoms with Gasteiger partial charge in [0.15, 0.2) is 6.61 Å². The van der Waals surface area contributed by atoms with E-state index in [0.717, 1.165) is 5.75 Å². The number of amides is 1. The Bertz CT molecular complexity index is 451. The van der Waals surface area contributed by atoms with E-state index in [0.29, 0.717) is 31.9 Å². The van der Waals surface area contributed by atoms with Crippen molar-refractivity contribution in [1.82, 2.24) is 4.90 Å². The number of benzene rings is 1. The summed E-state index contributed by atoms with van der Waals surface area (Å²) in [6.45, 7) is 5.25. The van der Waals surface area contributed by atoms with Gasteiger partial charge in [0.1, 0.15) is 11.5 Å². The quantitative estimate of drug-likeness (QED) is 0.856. The zero-order valence-electron chi connectivity index (χ0n) is 12.0. The summed E-state index contributed by atoms with van der Waals surface area (Å²) in [6, 6.07) is 7.17. The molecule has 1 amide bonds. The van der Waals surface area contributed by atoms with Crippen LogP contribution in [-0.2, 0) is 4.79 Å². The zero-order chi connectivity index (χ0) is 14.6. The van der Waals surface area contributed by atoms with Crippen molar-refractivity contribution in [3.05, 3.63) is 24.3 Å². The summed E-state index contributed by atoms with van der Waals surface area (Å²) in [5, 5.41) is 9.86. The SMILES string of the molecule is CCOc1ccc(OCC(=O)N2CC(O)(CC)C2)cc1. The average molecular weight is 279 g/mol. The van der Waals surface area contributed by atoms with Crippen LogP contribution in [0.2, 0.25) is 0 Å². The summed E-state index contributed by atoms with van der Waals surface area (Å²) in [4.78, 5) is 13.4. The van der Waals surface area contributed by atoms with Crippen LogP contribution >= 0.6 is 0 Å². The molecule has 0 aromatic heterocycles. The number of ether oxygens (including phenoxy) is 2. The highest BCUT2D eigenvalue weighted by atomic mass is 16.5. The Morgan fingerprint density at radius 2 is 1.75 bits per heavy atom. The maximum absolute atomic E-state index is 11.8. The van der Waals surface area contributed by atoms with E-state index in [1.165, 1.54) is 0 Å². The van der Waals surface area contributed by atoms with Crippen LogP contribution in [0.25, 0.3) is 0 Å². The van der Waals surface area contributed by atoms with Gasteiger partial charge in [-0.1, -0.05) is 6.92 Å². The summed E-state index contributed by atoms with van der Waals surface area (Å²) in [7, 11) is 0. The van der Waals surface area contributed by atoms with Crippen molar-refractivity contribution in [2.24, 2.45) is 0 Å². The summed E-state index contributed by atoms with van der Waals surface area (Å²) in [5.74, 6) is 1.31. The molecule has 1 aliphatic heterocycles. The third kappa shape index (κ3) is 3.42. The maximum atomic E-state index is 11.8. The first kappa shape index (κ1) is 14.7. The second-order valence-electron chi connectivity index (χ2n) is 5.02. The van der Waals surface area contributed by atoms with Crippen molar-refractivity contribution in [1.29, 1.82) is 0 Å². The smallest absolute Gasteiger partial charge is 0.260 e. The van der Waals surface area contributed by atoms with Crippen LogP contribution in [0, 0.1) is 0 Å². The van der Waals surface area contributed by atoms with Crippen molar-refractivity contribution < 1.29 is 19.4 Å². The lowest BCUT2D eigenvalue weighted by Gasteiger charge is -2.45. The average Bonchev–Trinajstić information content (AvgIpc) is 2.43. The van der Waals surface area contributed by atoms with Crippen molar-refractivity contribution in [2.45, 2.75) is 25.9 Å². The molecular formula is C15H21NO4. The molecule has 0 bridgehead atoms. The molecule has 0 spiro atoms. The fourth-order valence-electron chi connectivity index (χ4n) is 2.10. The molecule has 5 nitrogen and oxygen atoms in total. The van der Waals surface area contributed by atoms with E-state index < -0.39 is 5.60 Å². The molecule has 110 valence electrons. The first-order valence-corrected chi connectivity index (χ1v) is 6.92. The predicted octanol–water partition coefficient (Wildman–Crippen LogP) is 1.45. The molecule has 0 saturated carbocycles. The summed E-state index contributed by atoms with van der Waals surface area (Å²) in [5.41, 5.74) is -0.700. The van der Waals surface area contributed by atoms with Crippen LogP contribution in [0.4, 0.5) is 0 Å². The first-order chi connectivity index (χ1) is 9.56. The lowest BCUT2D eigenvalue weighted by atomic mass is 9.91. The molecule has 0 aliphatic carbocycles. The minimum Gasteiger partial charge on any atom is -0.494 e. The molecule has 20 heavy (non-hydrogen) atoms. The molecule has 1 N–H and O–H groups in total. The fourth-order valence-corrected chi connectivity index (χ4v) is 2.10. The standard InChI is InChI=1S/C15H21NO4/c1-3-15(18)10-16(11-15)14(17)9-20-13-7-5-12(6-8-13)19-4-2/h5-8,18H,3-4,9-11H2,1-2H3. The lowest BCUT2D eigenvalue weighted by molar-refractivity contribution is -0.157. The van der Waals surface area contributed by atoms with Crippen LogP contribution in [0.3, 0.4) is 0 Å². The van der Waals surface area contributed by atoms with Gasteiger partial charge in [-0.2, -0.15) is 0 Å². The van der Waals surface area contributed by atoms with Crippen molar-refractivity contribution in [2.75, 3.05) is 26.3 Å². The number of β-amino-alcohol motifs (C(OH)–C–C–N with tert-alkyl or cyclic N) is 1. The Morgan fingerprint density at radius 1 is 1.20 bits per heavy atom. The van der Waals surface area contributed by atoms with Gasteiger partial charge in [0.25, 0.3) is 5.91 Å². The largest absolute Gasteiger partial charge is 0.494 e. The third-order valence-electron chi connectivity index (χ3n) is 3.48. The van der Waals surface area contributed by atoms with Gasteiger partial charge < -0.3 is 19.5 Å². The number of hydrogen-bond donors (Lipinski definition) is 1. The Labute approximate surface area is 119 Å². The van der Waals surface area contributed by atoms with Crippen LogP contribution in [0.15, 0.2) is 24.3 Å². The normalized spacial score (nSPS) is 16.4. The minimum absolute atomic E-state index is 0.00617. The number of carbonyl (C=O) groups is 1. The van der Waals surface area contributed by atoms with Gasteiger partial charge in [-0.15, -0.1) is 0 Å². The molecule has 1 fully saturated rings. The minimum atomic E-state index is -0.700. The van der Waals surface area contributed by atoms with E-state index in [1.54, 1.807) is 17.0 Å². The van der Waals surface area contributed by atoms with Crippen LogP contribution in [-0.4, -0.2) is 47.8 Å². The van der Waals surface area contributed by atoms with Crippen LogP contribution in [0.5, 0.6) is 11.5 Å². The van der Waals surface area contributed by atoms with Gasteiger partial charge in [-0.3, -0.25) is 4.79 Å². The molecule has 1 heterocycles. The summed E-state index contributed by atoms with van der Waals surface area (Å²) < 4.78 is 10.8. The molecule has 2 rings (SSSR count). The van der Waals surface area contributed by atoms with E-state index in [1.807, 2.05) is 26.0 Å². The molecule has 1 aromatic rings. The third-order valence-corrected chi connectivity index (χ3v) is 3.48. The van der Waals surface area contributed by atoms with E-state index in [2.05, 4.69) is 0 Å². The molecule has 1 aliphatic rings. The molecule has 0 radical (unpaired) electrons. The molecule has 5 heteroatoms. The summed E-state index contributed by atoms with van der Waals surface area (Å²) >= 11 is 0. The van der Waals surface area contributed by atoms with Gasteiger partial charge in [0.05, 0.1) is 25.3 Å². The van der Waals surface area contributed by atoms with Gasteiger partial charge >= 0.3 is 0 Å². The van der Waals surface area contributed by atoms with E-state index in [9.17, 15) is 9.90 Å². The van der Waals surface area contributed by atoms with E-state index >= 15 is 0 Å². The second kappa shape index (κ2) is 6.13. The summed E-state index contributed by atoms with van der Waals surface area (Å²) in [6.07, 6.45) is 0.663. The van der Waals surface area contributed by atoms with Gasteiger partial charge in [-0.05, 0) is 37.6 Å². The monoisotopic (exact) mass is 279 g/mol. The maximum Gasteiger partial charge on any atom is 0.260 e. The molecule has 1 saturated heterocycles. The van der Waals surface area contributed by atoms with Crippen LogP contribution < -0.4 is 9.47 Å². The fraction of sp³-hybridized carbons (Fsp3) is 0.533. The van der Waals surface area contributed by atoms with E-state index in [4.69, 9.17) is 9.47 Å². The number of hydrogen-bond acceptors (Lipinski definition) is 4. The van der Waals surface area contributed by atoms with E-state index in [-0.39, 0.29) is 12.5 Å². The Morgan fingerprint density at radius 3 is 2.25 bits per heavy atom. The lowest BCUT2D eigenvalue weighted by Crippen LogP contribution is -2.63. The van der Waals surface area contributed by atoms with Gasteiger partial charge in [-0.25, -0.2) is 0 Å². The molecule has 0 unspecified atom stereocenters. The Hall–Kier alpha value is -1.75. The zero-order valence-corrected chi connectivity index (χ0v) is 12.0. The van der Waals surface area contributed by atoms with Gasteiger partial charge in [0, 0.05) is 0 Å². The van der Waals surface area contributed by atoms with Crippen LogP contribution in [0.1, 0.15) is 20.3 Å². The van der Waals surface area contributed by atoms with Crippen molar-refractivity contribution >= 4 is 5.91 Å². The number of rotatable bonds is 6. The first-order valence-electron chi connectivity index (χ1n) is 6.92. The predicted molar refractivity (Wildman–Crippen MR) is 74.9 cm³/mol. The van der Waals surface area contributed by atoms with Crippen molar-refractivity contribution in [3.63, 3.8) is 0 Å². The highest BCUT2D eigenvalue weighted by Gasteiger charge is 2.41. The van der Waals surface area contributed by atoms with Gasteiger partial charge in [0.2, 0.25) is 0 Å². The van der Waals surface area contributed by atoms with Crippen molar-refractivity contribution in [3.8, 4) is 11.5 Å². The number of aliphatic hydroxyl groups is 1. The highest BCUT2D eigenvalue weighted by Crippen LogP contribution is 2.24. The number of nitrogens with zero attached hydrogens (tertiary/aromatic N) is 1. The number of carbonyl (C=O) groups excluding carboxylic acids is 1. The molecule has 0 atom stereocenters. The topological polar surface area (TPSA) is 59.0 Å². The number of likely N-dealkylation sites (tertiary alicyclic amines) is 1. The second-order valence-corrected chi connectivity index (χ2v) is 5.02. The molecule has 1 aromatic carbocycles. The Balaban J connectivity index is 1.76. The Kier molecular flexibility index (Phi) is 4.49. The highest BCUT2D eigenvalue weighted by molar-refractivity contribution is 5.79.